The minimum Gasteiger partial charge on any atom is -0.485 e. The van der Waals surface area contributed by atoms with Crippen LogP contribution in [0.4, 0.5) is 5.69 Å². The fraction of sp³-hybridized carbons (Fsp3) is 0.364. The van der Waals surface area contributed by atoms with Crippen LogP contribution in [0.1, 0.15) is 37.9 Å². The predicted octanol–water partition coefficient (Wildman–Crippen LogP) is 2.77. The van der Waals surface area contributed by atoms with Crippen LogP contribution < -0.4 is 15.0 Å². The number of anilines is 1. The topological polar surface area (TPSA) is 85.6 Å². The number of nitrogens with zero attached hydrogens (tertiary/aromatic N) is 2. The number of aliphatic hydroxyl groups excluding tert-OH is 1. The number of hydrogen-bond acceptors (Lipinski definition) is 5. The second-order valence-electron chi connectivity index (χ2n) is 7.38. The van der Waals surface area contributed by atoms with Crippen molar-refractivity contribution in [2.75, 3.05) is 18.0 Å². The van der Waals surface area contributed by atoms with E-state index in [1.807, 2.05) is 56.0 Å². The summed E-state index contributed by atoms with van der Waals surface area (Å²) in [5, 5.41) is 23.4. The van der Waals surface area contributed by atoms with E-state index in [-0.39, 0.29) is 12.5 Å². The molecule has 0 aromatic heterocycles. The molecule has 0 radical (unpaired) electrons. The van der Waals surface area contributed by atoms with Crippen LogP contribution in [0.3, 0.4) is 0 Å². The first-order chi connectivity index (χ1) is 13.4. The summed E-state index contributed by atoms with van der Waals surface area (Å²) in [6, 6.07) is 16.3. The van der Waals surface area contributed by atoms with Gasteiger partial charge in [-0.15, -0.1) is 0 Å². The second kappa shape index (κ2) is 7.91. The lowest BCUT2D eigenvalue weighted by molar-refractivity contribution is -0.120. The Labute approximate surface area is 165 Å². The number of carbonyl (C=O) groups is 1. The molecule has 0 spiro atoms. The number of amides is 1. The molecule has 1 aliphatic heterocycles. The average molecular weight is 379 g/mol. The van der Waals surface area contributed by atoms with Gasteiger partial charge in [0, 0.05) is 17.8 Å². The Morgan fingerprint density at radius 3 is 2.64 bits per heavy atom. The summed E-state index contributed by atoms with van der Waals surface area (Å²) in [6.45, 7) is 6.11. The number of ether oxygens (including phenoxy) is 1. The van der Waals surface area contributed by atoms with Crippen molar-refractivity contribution < 1.29 is 14.6 Å². The number of nitriles is 1. The Kier molecular flexibility index (Phi) is 5.57. The van der Waals surface area contributed by atoms with Crippen LogP contribution in [0.5, 0.6) is 5.75 Å². The van der Waals surface area contributed by atoms with E-state index in [0.717, 1.165) is 5.69 Å². The number of benzene rings is 2. The Balaban J connectivity index is 2.14. The molecular weight excluding hydrogens is 354 g/mol. The first kappa shape index (κ1) is 19.7. The molecule has 6 nitrogen and oxygen atoms in total. The van der Waals surface area contributed by atoms with E-state index in [0.29, 0.717) is 23.4 Å². The van der Waals surface area contributed by atoms with Crippen molar-refractivity contribution in [2.45, 2.75) is 38.5 Å². The number of carbonyl (C=O) groups excluding carboxylic acids is 1. The molecule has 2 atom stereocenters. The molecule has 6 heteroatoms. The fourth-order valence-electron chi connectivity index (χ4n) is 3.55. The first-order valence-corrected chi connectivity index (χ1v) is 9.37. The van der Waals surface area contributed by atoms with Crippen molar-refractivity contribution >= 4 is 11.6 Å². The van der Waals surface area contributed by atoms with E-state index < -0.39 is 17.7 Å². The molecular formula is C22H25N3O3. The number of para-hydroxylation sites is 1. The van der Waals surface area contributed by atoms with Gasteiger partial charge in [0.05, 0.1) is 24.2 Å². The van der Waals surface area contributed by atoms with E-state index in [9.17, 15) is 15.2 Å². The molecule has 1 heterocycles. The van der Waals surface area contributed by atoms with Crippen molar-refractivity contribution in [1.29, 1.82) is 5.26 Å². The van der Waals surface area contributed by atoms with Crippen LogP contribution in [-0.2, 0) is 4.79 Å². The summed E-state index contributed by atoms with van der Waals surface area (Å²) < 4.78 is 6.01. The van der Waals surface area contributed by atoms with Gasteiger partial charge in [-0.3, -0.25) is 4.79 Å². The number of hydrogen-bond donors (Lipinski definition) is 2. The lowest BCUT2D eigenvalue weighted by Crippen LogP contribution is -2.55. The van der Waals surface area contributed by atoms with Crippen molar-refractivity contribution in [3.05, 3.63) is 59.7 Å². The monoisotopic (exact) mass is 379 g/mol. The van der Waals surface area contributed by atoms with Crippen molar-refractivity contribution in [3.8, 4) is 11.8 Å². The molecule has 28 heavy (non-hydrogen) atoms. The Bertz CT molecular complexity index is 890. The third-order valence-electron chi connectivity index (χ3n) is 4.95. The Morgan fingerprint density at radius 2 is 2.00 bits per heavy atom. The van der Waals surface area contributed by atoms with E-state index in [1.165, 1.54) is 0 Å². The number of likely N-dealkylation sites (N-methyl/N-ethyl adjacent to an activating group) is 1. The maximum absolute atomic E-state index is 12.5. The zero-order valence-corrected chi connectivity index (χ0v) is 16.3. The normalized spacial score (nSPS) is 19.7. The molecule has 1 aliphatic rings. The highest BCUT2D eigenvalue weighted by atomic mass is 16.5. The van der Waals surface area contributed by atoms with Gasteiger partial charge in [-0.1, -0.05) is 18.2 Å². The minimum absolute atomic E-state index is 0.0753. The van der Waals surface area contributed by atoms with Gasteiger partial charge >= 0.3 is 0 Å². The van der Waals surface area contributed by atoms with Crippen LogP contribution in [-0.4, -0.2) is 35.8 Å². The minimum atomic E-state index is -0.913. The lowest BCUT2D eigenvalue weighted by atomic mass is 9.84. The van der Waals surface area contributed by atoms with Crippen molar-refractivity contribution in [1.82, 2.24) is 5.32 Å². The number of fused-ring (bicyclic) bond motifs is 1. The fourth-order valence-corrected chi connectivity index (χ4v) is 3.55. The van der Waals surface area contributed by atoms with E-state index >= 15 is 0 Å². The third kappa shape index (κ3) is 3.80. The maximum atomic E-state index is 12.5. The average Bonchev–Trinajstić information content (AvgIpc) is 2.68. The molecule has 2 aromatic rings. The largest absolute Gasteiger partial charge is 0.485 e. The highest BCUT2D eigenvalue weighted by Crippen LogP contribution is 2.44. The first-order valence-electron chi connectivity index (χ1n) is 9.37. The summed E-state index contributed by atoms with van der Waals surface area (Å²) in [4.78, 5) is 14.3. The number of nitrogens with one attached hydrogen (secondary N) is 1. The Hall–Kier alpha value is -3.04. The van der Waals surface area contributed by atoms with Gasteiger partial charge in [-0.25, -0.2) is 0 Å². The van der Waals surface area contributed by atoms with E-state index in [1.54, 1.807) is 18.2 Å². The highest BCUT2D eigenvalue weighted by Gasteiger charge is 2.46. The molecule has 0 bridgehead atoms. The van der Waals surface area contributed by atoms with Crippen LogP contribution in [0, 0.1) is 11.3 Å². The predicted molar refractivity (Wildman–Crippen MR) is 107 cm³/mol. The molecule has 0 unspecified atom stereocenters. The summed E-state index contributed by atoms with van der Waals surface area (Å²) >= 11 is 0. The van der Waals surface area contributed by atoms with E-state index in [4.69, 9.17) is 4.74 Å². The van der Waals surface area contributed by atoms with Crippen molar-refractivity contribution in [3.63, 3.8) is 0 Å². The SMILES string of the molecule is CCNC(=O)CN(c1ccccc1)[C@H]1c2cc(C#N)ccc2OC(C)(C)[C@H]1O. The molecule has 1 amide bonds. The van der Waals surface area contributed by atoms with Crippen LogP contribution in [0.15, 0.2) is 48.5 Å². The van der Waals surface area contributed by atoms with Gasteiger partial charge in [-0.05, 0) is 51.1 Å². The zero-order valence-electron chi connectivity index (χ0n) is 16.3. The van der Waals surface area contributed by atoms with E-state index in [2.05, 4.69) is 11.4 Å². The van der Waals surface area contributed by atoms with Gasteiger partial charge < -0.3 is 20.1 Å². The van der Waals surface area contributed by atoms with Gasteiger partial charge in [0.2, 0.25) is 5.91 Å². The summed E-state index contributed by atoms with van der Waals surface area (Å²) in [6.07, 6.45) is -0.913. The number of rotatable bonds is 5. The highest BCUT2D eigenvalue weighted by molar-refractivity contribution is 5.81. The second-order valence-corrected chi connectivity index (χ2v) is 7.38. The summed E-state index contributed by atoms with van der Waals surface area (Å²) in [5.41, 5.74) is 1.12. The quantitative estimate of drug-likeness (QED) is 0.834. The molecule has 3 rings (SSSR count). The lowest BCUT2D eigenvalue weighted by Gasteiger charge is -2.47. The smallest absolute Gasteiger partial charge is 0.239 e. The van der Waals surface area contributed by atoms with Crippen molar-refractivity contribution in [2.24, 2.45) is 0 Å². The third-order valence-corrected chi connectivity index (χ3v) is 4.95. The molecule has 0 fully saturated rings. The molecule has 0 saturated heterocycles. The van der Waals surface area contributed by atoms with Gasteiger partial charge in [-0.2, -0.15) is 5.26 Å². The molecule has 2 aromatic carbocycles. The molecule has 0 aliphatic carbocycles. The van der Waals surface area contributed by atoms with Crippen LogP contribution in [0.2, 0.25) is 0 Å². The Morgan fingerprint density at radius 1 is 1.29 bits per heavy atom. The standard InChI is InChI=1S/C22H25N3O3/c1-4-24-19(26)14-25(16-8-6-5-7-9-16)20-17-12-15(13-23)10-11-18(17)28-22(2,3)21(20)27/h5-12,20-21,27H,4,14H2,1-3H3,(H,24,26)/t20-,21-/m0/s1. The number of aliphatic hydroxyl groups is 1. The molecule has 2 N–H and O–H groups in total. The molecule has 0 saturated carbocycles. The zero-order chi connectivity index (χ0) is 20.3. The summed E-state index contributed by atoms with van der Waals surface area (Å²) in [7, 11) is 0. The summed E-state index contributed by atoms with van der Waals surface area (Å²) in [5.74, 6) is 0.469. The molecule has 146 valence electrons. The van der Waals surface area contributed by atoms with Gasteiger partial charge in [0.1, 0.15) is 17.5 Å². The van der Waals surface area contributed by atoms with Gasteiger partial charge in [0.25, 0.3) is 0 Å². The van der Waals surface area contributed by atoms with Crippen LogP contribution >= 0.6 is 0 Å². The van der Waals surface area contributed by atoms with Crippen LogP contribution in [0.25, 0.3) is 0 Å². The maximum Gasteiger partial charge on any atom is 0.239 e. The van der Waals surface area contributed by atoms with Gasteiger partial charge in [0.15, 0.2) is 0 Å².